The van der Waals surface area contributed by atoms with Gasteiger partial charge in [0.25, 0.3) is 5.91 Å². The number of amides is 4. The fraction of sp³-hybridized carbons (Fsp3) is 0.500. The van der Waals surface area contributed by atoms with Crippen LogP contribution < -0.4 is 11.1 Å². The molecule has 12 heteroatoms. The van der Waals surface area contributed by atoms with Crippen LogP contribution in [0.25, 0.3) is 11.1 Å². The number of carbonyl (C=O) groups excluding carboxylic acids is 3. The number of anilines is 1. The highest BCUT2D eigenvalue weighted by Crippen LogP contribution is 2.26. The van der Waals surface area contributed by atoms with E-state index >= 15 is 0 Å². The number of ether oxygens (including phenoxy) is 1. The molecule has 3 aromatic rings. The minimum atomic E-state index is -1.02. The summed E-state index contributed by atoms with van der Waals surface area (Å²) >= 11 is 0. The molecule has 3 aliphatic heterocycles. The zero-order valence-electron chi connectivity index (χ0n) is 25.6. The van der Waals surface area contributed by atoms with Crippen LogP contribution in [-0.4, -0.2) is 107 Å². The van der Waals surface area contributed by atoms with E-state index in [2.05, 4.69) is 10.2 Å². The summed E-state index contributed by atoms with van der Waals surface area (Å²) in [6.45, 7) is 5.96. The number of para-hydroxylation sites is 1. The number of fused-ring (bicyclic) bond motifs is 2. The highest BCUT2D eigenvalue weighted by atomic mass is 16.6. The van der Waals surface area contributed by atoms with E-state index in [0.717, 1.165) is 41.9 Å². The Morgan fingerprint density at radius 2 is 1.70 bits per heavy atom. The van der Waals surface area contributed by atoms with Crippen molar-refractivity contribution in [2.75, 3.05) is 58.2 Å². The van der Waals surface area contributed by atoms with E-state index in [0.29, 0.717) is 56.7 Å². The number of piperazine rings is 1. The largest absolute Gasteiger partial charge is 0.436 e. The molecule has 0 spiro atoms. The van der Waals surface area contributed by atoms with Crippen molar-refractivity contribution in [3.63, 3.8) is 0 Å². The number of hydrogen-bond acceptors (Lipinski definition) is 7. The normalized spacial score (nSPS) is 19.0. The average molecular weight is 605 g/mol. The van der Waals surface area contributed by atoms with Crippen LogP contribution in [0.15, 0.2) is 45.6 Å². The SMILES string of the molecule is Cc1cc(C[C@@H](OC(=O)N2CCC(N3CCc4ccccc4NC3=O)CC2)C(=O)N2CCN(C)CC2)cc2oc(=O)n(C)c12. The van der Waals surface area contributed by atoms with Gasteiger partial charge >= 0.3 is 17.9 Å². The number of rotatable bonds is 5. The lowest BCUT2D eigenvalue weighted by atomic mass is 10.0. The molecule has 4 amide bonds. The third-order valence-corrected chi connectivity index (χ3v) is 9.19. The van der Waals surface area contributed by atoms with E-state index in [-0.39, 0.29) is 24.4 Å². The fourth-order valence-electron chi connectivity index (χ4n) is 6.62. The van der Waals surface area contributed by atoms with Crippen LogP contribution in [-0.2, 0) is 29.4 Å². The number of hydrogen-bond donors (Lipinski definition) is 1. The Balaban J connectivity index is 1.13. The number of nitrogens with one attached hydrogen (secondary N) is 1. The molecule has 2 aromatic carbocycles. The Labute approximate surface area is 256 Å². The first kappa shape index (κ1) is 29.7. The molecule has 2 saturated heterocycles. The predicted octanol–water partition coefficient (Wildman–Crippen LogP) is 2.82. The summed E-state index contributed by atoms with van der Waals surface area (Å²) in [7, 11) is 3.67. The molecular weight excluding hydrogens is 564 g/mol. The van der Waals surface area contributed by atoms with Crippen LogP contribution in [0.1, 0.15) is 29.5 Å². The van der Waals surface area contributed by atoms with Crippen molar-refractivity contribution >= 4 is 34.8 Å². The molecule has 12 nitrogen and oxygen atoms in total. The molecule has 6 rings (SSSR count). The van der Waals surface area contributed by atoms with Gasteiger partial charge in [0, 0.05) is 71.0 Å². The second-order valence-corrected chi connectivity index (χ2v) is 12.1. The standard InChI is InChI=1S/C32H40N6O6/c1-21-18-22(19-26-28(21)35(3)31(41)43-26)20-27(29(39)36-16-14-34(2)15-17-36)44-32(42)37-11-9-24(10-12-37)38-13-8-23-6-4-5-7-25(23)33-30(38)40/h4-7,18-19,24,27H,8-17,20H2,1-3H3,(H,33,40)/t27-/m1/s1. The van der Waals surface area contributed by atoms with Crippen LogP contribution in [0.5, 0.6) is 0 Å². The molecule has 1 aromatic heterocycles. The number of likely N-dealkylation sites (N-methyl/N-ethyl adjacent to an activating group) is 1. The maximum absolute atomic E-state index is 13.7. The lowest BCUT2D eigenvalue weighted by Gasteiger charge is -2.38. The summed E-state index contributed by atoms with van der Waals surface area (Å²) in [5.74, 6) is -0.684. The first-order valence-corrected chi connectivity index (χ1v) is 15.4. The molecule has 234 valence electrons. The Kier molecular flexibility index (Phi) is 8.35. The molecule has 0 saturated carbocycles. The Morgan fingerprint density at radius 3 is 2.45 bits per heavy atom. The highest BCUT2D eigenvalue weighted by molar-refractivity contribution is 5.91. The molecule has 1 N–H and O–H groups in total. The van der Waals surface area contributed by atoms with Gasteiger partial charge in [-0.15, -0.1) is 0 Å². The molecule has 3 aliphatic rings. The van der Waals surface area contributed by atoms with Gasteiger partial charge in [-0.3, -0.25) is 9.36 Å². The second kappa shape index (κ2) is 12.4. The van der Waals surface area contributed by atoms with Gasteiger partial charge in [-0.25, -0.2) is 14.4 Å². The highest BCUT2D eigenvalue weighted by Gasteiger charge is 2.35. The topological polar surface area (TPSA) is 121 Å². The third kappa shape index (κ3) is 6.03. The first-order chi connectivity index (χ1) is 21.2. The summed E-state index contributed by atoms with van der Waals surface area (Å²) in [5, 5.41) is 3.03. The molecule has 44 heavy (non-hydrogen) atoms. The second-order valence-electron chi connectivity index (χ2n) is 12.1. The van der Waals surface area contributed by atoms with Crippen molar-refractivity contribution < 1.29 is 23.5 Å². The van der Waals surface area contributed by atoms with Crippen LogP contribution >= 0.6 is 0 Å². The molecule has 0 radical (unpaired) electrons. The first-order valence-electron chi connectivity index (χ1n) is 15.4. The summed E-state index contributed by atoms with van der Waals surface area (Å²) in [6.07, 6.45) is 0.623. The Bertz CT molecular complexity index is 1610. The fourth-order valence-corrected chi connectivity index (χ4v) is 6.62. The Morgan fingerprint density at radius 1 is 0.977 bits per heavy atom. The average Bonchev–Trinajstić information content (AvgIpc) is 3.19. The number of oxazole rings is 1. The predicted molar refractivity (Wildman–Crippen MR) is 165 cm³/mol. The van der Waals surface area contributed by atoms with Crippen molar-refractivity contribution in [3.8, 4) is 0 Å². The molecule has 0 aliphatic carbocycles. The lowest BCUT2D eigenvalue weighted by Crippen LogP contribution is -2.53. The van der Waals surface area contributed by atoms with E-state index < -0.39 is 18.0 Å². The molecule has 0 bridgehead atoms. The van der Waals surface area contributed by atoms with Gasteiger partial charge in [-0.1, -0.05) is 24.3 Å². The van der Waals surface area contributed by atoms with Gasteiger partial charge in [-0.05, 0) is 62.1 Å². The van der Waals surface area contributed by atoms with Crippen molar-refractivity contribution in [2.45, 2.75) is 44.8 Å². The molecule has 4 heterocycles. The molecule has 1 atom stereocenters. The number of urea groups is 1. The van der Waals surface area contributed by atoms with Gasteiger partial charge in [-0.2, -0.15) is 0 Å². The number of aryl methyl sites for hydroxylation is 2. The number of aromatic nitrogens is 1. The summed E-state index contributed by atoms with van der Waals surface area (Å²) in [5.41, 5.74) is 4.68. The monoisotopic (exact) mass is 604 g/mol. The van der Waals surface area contributed by atoms with Crippen LogP contribution in [0, 0.1) is 6.92 Å². The molecule has 0 unspecified atom stereocenters. The van der Waals surface area contributed by atoms with Gasteiger partial charge in [0.1, 0.15) is 0 Å². The molecular formula is C32H40N6O6. The minimum Gasteiger partial charge on any atom is -0.436 e. The van der Waals surface area contributed by atoms with Crippen molar-refractivity contribution in [3.05, 3.63) is 63.6 Å². The zero-order valence-corrected chi connectivity index (χ0v) is 25.6. The van der Waals surface area contributed by atoms with Gasteiger partial charge < -0.3 is 34.1 Å². The summed E-state index contributed by atoms with van der Waals surface area (Å²) in [4.78, 5) is 59.8. The van der Waals surface area contributed by atoms with Gasteiger partial charge in [0.05, 0.1) is 5.52 Å². The smallest absolute Gasteiger partial charge is 0.419 e. The lowest BCUT2D eigenvalue weighted by molar-refractivity contribution is -0.142. The maximum atomic E-state index is 13.7. The van der Waals surface area contributed by atoms with E-state index in [1.54, 1.807) is 22.9 Å². The van der Waals surface area contributed by atoms with E-state index in [1.807, 2.05) is 49.2 Å². The summed E-state index contributed by atoms with van der Waals surface area (Å²) in [6, 6.07) is 11.4. The summed E-state index contributed by atoms with van der Waals surface area (Å²) < 4.78 is 12.8. The maximum Gasteiger partial charge on any atom is 0.419 e. The van der Waals surface area contributed by atoms with E-state index in [4.69, 9.17) is 9.15 Å². The number of carbonyl (C=O) groups is 3. The van der Waals surface area contributed by atoms with Crippen molar-refractivity contribution in [1.29, 1.82) is 0 Å². The van der Waals surface area contributed by atoms with Gasteiger partial charge in [0.2, 0.25) is 0 Å². The minimum absolute atomic E-state index is 0.00589. The number of piperidine rings is 1. The zero-order chi connectivity index (χ0) is 31.0. The number of likely N-dealkylation sites (tertiary alicyclic amines) is 1. The van der Waals surface area contributed by atoms with Crippen molar-refractivity contribution in [2.24, 2.45) is 7.05 Å². The van der Waals surface area contributed by atoms with Gasteiger partial charge in [0.15, 0.2) is 11.7 Å². The van der Waals surface area contributed by atoms with Crippen LogP contribution in [0.4, 0.5) is 15.3 Å². The Hall–Kier alpha value is -4.32. The van der Waals surface area contributed by atoms with E-state index in [9.17, 15) is 19.2 Å². The number of nitrogens with zero attached hydrogens (tertiary/aromatic N) is 5. The van der Waals surface area contributed by atoms with E-state index in [1.165, 1.54) is 4.57 Å². The van der Waals surface area contributed by atoms with Crippen LogP contribution in [0.3, 0.4) is 0 Å². The number of benzene rings is 2. The van der Waals surface area contributed by atoms with Crippen LogP contribution in [0.2, 0.25) is 0 Å². The van der Waals surface area contributed by atoms with Crippen molar-refractivity contribution in [1.82, 2.24) is 24.2 Å². The molecule has 2 fully saturated rings. The third-order valence-electron chi connectivity index (χ3n) is 9.19. The quantitative estimate of drug-likeness (QED) is 0.476.